The highest BCUT2D eigenvalue weighted by Gasteiger charge is 2.44. The minimum atomic E-state index is -0.821. The Kier molecular flexibility index (Phi) is 4.85. The standard InChI is InChI=1S/C22H21ClN2O3/c1-12-11-17-19(21(26)18(12)22(27)28-2)20(13-7-3-4-8-14(13)23)25-16-10-6-5-9-15(16)24-17/h3-10,12,18,20,24-25H,11H2,1-2H3/t12-,18+,20+/m0/s1. The first-order chi connectivity index (χ1) is 13.5. The number of rotatable bonds is 2. The lowest BCUT2D eigenvalue weighted by molar-refractivity contribution is -0.151. The van der Waals surface area contributed by atoms with Gasteiger partial charge in [-0.2, -0.15) is 0 Å². The summed E-state index contributed by atoms with van der Waals surface area (Å²) in [6.45, 7) is 1.90. The number of Topliss-reactive ketones (excluding diaryl/α,β-unsaturated/α-hetero) is 1. The van der Waals surface area contributed by atoms with Gasteiger partial charge in [0, 0.05) is 16.3 Å². The molecule has 4 rings (SSSR count). The number of hydrogen-bond donors (Lipinski definition) is 2. The molecule has 3 atom stereocenters. The maximum Gasteiger partial charge on any atom is 0.316 e. The number of para-hydroxylation sites is 2. The number of esters is 1. The van der Waals surface area contributed by atoms with E-state index < -0.39 is 17.9 Å². The lowest BCUT2D eigenvalue weighted by atomic mass is 9.75. The number of ether oxygens (including phenoxy) is 1. The lowest BCUT2D eigenvalue weighted by Gasteiger charge is -2.32. The highest BCUT2D eigenvalue weighted by molar-refractivity contribution is 6.31. The molecule has 2 N–H and O–H groups in total. The van der Waals surface area contributed by atoms with Crippen LogP contribution in [0.3, 0.4) is 0 Å². The van der Waals surface area contributed by atoms with Crippen molar-refractivity contribution in [3.63, 3.8) is 0 Å². The molecule has 0 fully saturated rings. The van der Waals surface area contributed by atoms with E-state index in [0.29, 0.717) is 17.0 Å². The van der Waals surface area contributed by atoms with Crippen LogP contribution in [0, 0.1) is 11.8 Å². The molecule has 6 heteroatoms. The Morgan fingerprint density at radius 3 is 2.50 bits per heavy atom. The molecular weight excluding hydrogens is 376 g/mol. The molecule has 0 unspecified atom stereocenters. The summed E-state index contributed by atoms with van der Waals surface area (Å²) >= 11 is 6.49. The van der Waals surface area contributed by atoms with Crippen molar-refractivity contribution in [3.8, 4) is 0 Å². The van der Waals surface area contributed by atoms with Gasteiger partial charge in [0.25, 0.3) is 0 Å². The van der Waals surface area contributed by atoms with Gasteiger partial charge in [0.15, 0.2) is 5.78 Å². The van der Waals surface area contributed by atoms with Crippen LogP contribution in [0.15, 0.2) is 59.8 Å². The second kappa shape index (κ2) is 7.32. The van der Waals surface area contributed by atoms with Crippen molar-refractivity contribution in [2.75, 3.05) is 17.7 Å². The number of fused-ring (bicyclic) bond motifs is 1. The number of hydrogen-bond acceptors (Lipinski definition) is 5. The van der Waals surface area contributed by atoms with E-state index >= 15 is 0 Å². The van der Waals surface area contributed by atoms with Crippen LogP contribution < -0.4 is 10.6 Å². The van der Waals surface area contributed by atoms with Gasteiger partial charge in [-0.25, -0.2) is 0 Å². The van der Waals surface area contributed by atoms with E-state index in [-0.39, 0.29) is 11.7 Å². The molecule has 0 saturated carbocycles. The van der Waals surface area contributed by atoms with Gasteiger partial charge < -0.3 is 15.4 Å². The molecule has 1 aliphatic heterocycles. The third-order valence-corrected chi connectivity index (χ3v) is 5.78. The van der Waals surface area contributed by atoms with Crippen LogP contribution in [-0.4, -0.2) is 18.9 Å². The van der Waals surface area contributed by atoms with Crippen molar-refractivity contribution in [1.29, 1.82) is 0 Å². The zero-order chi connectivity index (χ0) is 19.8. The highest BCUT2D eigenvalue weighted by atomic mass is 35.5. The fourth-order valence-corrected chi connectivity index (χ4v) is 4.32. The summed E-state index contributed by atoms with van der Waals surface area (Å²) < 4.78 is 4.92. The molecular formula is C22H21ClN2O3. The predicted octanol–water partition coefficient (Wildman–Crippen LogP) is 4.57. The largest absolute Gasteiger partial charge is 0.468 e. The number of carbonyl (C=O) groups excluding carboxylic acids is 2. The Morgan fingerprint density at radius 1 is 1.11 bits per heavy atom. The van der Waals surface area contributed by atoms with Gasteiger partial charge in [-0.05, 0) is 36.1 Å². The number of methoxy groups -OCH3 is 1. The number of nitrogens with one attached hydrogen (secondary N) is 2. The van der Waals surface area contributed by atoms with E-state index in [0.717, 1.165) is 22.6 Å². The molecule has 28 heavy (non-hydrogen) atoms. The van der Waals surface area contributed by atoms with Crippen molar-refractivity contribution in [1.82, 2.24) is 0 Å². The van der Waals surface area contributed by atoms with Crippen molar-refractivity contribution < 1.29 is 14.3 Å². The number of halogens is 1. The van der Waals surface area contributed by atoms with Crippen molar-refractivity contribution >= 4 is 34.7 Å². The van der Waals surface area contributed by atoms with Gasteiger partial charge in [0.1, 0.15) is 5.92 Å². The highest BCUT2D eigenvalue weighted by Crippen LogP contribution is 2.44. The molecule has 0 radical (unpaired) electrons. The van der Waals surface area contributed by atoms with Gasteiger partial charge in [-0.3, -0.25) is 9.59 Å². The predicted molar refractivity (Wildman–Crippen MR) is 109 cm³/mol. The molecule has 0 bridgehead atoms. The summed E-state index contributed by atoms with van der Waals surface area (Å²) in [6.07, 6.45) is 0.567. The van der Waals surface area contributed by atoms with E-state index in [4.69, 9.17) is 16.3 Å². The first-order valence-electron chi connectivity index (χ1n) is 9.23. The number of carbonyl (C=O) groups is 2. The van der Waals surface area contributed by atoms with Gasteiger partial charge in [-0.1, -0.05) is 48.9 Å². The van der Waals surface area contributed by atoms with Crippen LogP contribution in [0.2, 0.25) is 5.02 Å². The third kappa shape index (κ3) is 3.06. The van der Waals surface area contributed by atoms with E-state index in [9.17, 15) is 9.59 Å². The Bertz CT molecular complexity index is 985. The number of allylic oxidation sites excluding steroid dienone is 1. The molecule has 1 aliphatic carbocycles. The molecule has 2 aromatic carbocycles. The Labute approximate surface area is 168 Å². The van der Waals surface area contributed by atoms with Crippen LogP contribution in [-0.2, 0) is 14.3 Å². The minimum absolute atomic E-state index is 0.164. The van der Waals surface area contributed by atoms with E-state index in [1.807, 2.05) is 49.4 Å². The SMILES string of the molecule is COC(=O)[C@H]1C(=O)C2=C(C[C@@H]1C)Nc1ccccc1N[C@@H]2c1ccccc1Cl. The second-order valence-corrected chi connectivity index (χ2v) is 7.62. The molecule has 5 nitrogen and oxygen atoms in total. The van der Waals surface area contributed by atoms with Crippen LogP contribution in [0.4, 0.5) is 11.4 Å². The maximum absolute atomic E-state index is 13.5. The van der Waals surface area contributed by atoms with E-state index in [2.05, 4.69) is 10.6 Å². The Morgan fingerprint density at radius 2 is 1.79 bits per heavy atom. The average Bonchev–Trinajstić information content (AvgIpc) is 2.84. The van der Waals surface area contributed by atoms with Gasteiger partial charge in [0.05, 0.1) is 24.5 Å². The minimum Gasteiger partial charge on any atom is -0.468 e. The van der Waals surface area contributed by atoms with Gasteiger partial charge >= 0.3 is 5.97 Å². The third-order valence-electron chi connectivity index (χ3n) is 5.44. The zero-order valence-electron chi connectivity index (χ0n) is 15.7. The second-order valence-electron chi connectivity index (χ2n) is 7.21. The molecule has 0 aromatic heterocycles. The molecule has 0 amide bonds. The van der Waals surface area contributed by atoms with Crippen molar-refractivity contribution in [2.45, 2.75) is 19.4 Å². The summed E-state index contributed by atoms with van der Waals surface area (Å²) in [4.78, 5) is 25.8. The molecule has 0 saturated heterocycles. The van der Waals surface area contributed by atoms with Crippen LogP contribution in [0.5, 0.6) is 0 Å². The molecule has 2 aliphatic rings. The van der Waals surface area contributed by atoms with Crippen LogP contribution in [0.1, 0.15) is 24.9 Å². The summed E-state index contributed by atoms with van der Waals surface area (Å²) in [5.74, 6) is -1.70. The monoisotopic (exact) mass is 396 g/mol. The summed E-state index contributed by atoms with van der Waals surface area (Å²) in [5, 5.41) is 7.44. The number of ketones is 1. The topological polar surface area (TPSA) is 67.4 Å². The Hall–Kier alpha value is -2.79. The quantitative estimate of drug-likeness (QED) is 0.575. The number of benzene rings is 2. The number of anilines is 2. The first-order valence-corrected chi connectivity index (χ1v) is 9.61. The smallest absolute Gasteiger partial charge is 0.316 e. The van der Waals surface area contributed by atoms with Crippen molar-refractivity contribution in [2.24, 2.45) is 11.8 Å². The lowest BCUT2D eigenvalue weighted by Crippen LogP contribution is -2.39. The van der Waals surface area contributed by atoms with Crippen LogP contribution in [0.25, 0.3) is 0 Å². The molecule has 144 valence electrons. The summed E-state index contributed by atoms with van der Waals surface area (Å²) in [6, 6.07) is 14.8. The van der Waals surface area contributed by atoms with E-state index in [1.54, 1.807) is 6.07 Å². The van der Waals surface area contributed by atoms with Crippen LogP contribution >= 0.6 is 11.6 Å². The van der Waals surface area contributed by atoms with Crippen molar-refractivity contribution in [3.05, 3.63) is 70.4 Å². The fraction of sp³-hybridized carbons (Fsp3) is 0.273. The summed E-state index contributed by atoms with van der Waals surface area (Å²) in [5.41, 5.74) is 3.91. The normalized spacial score (nSPS) is 23.7. The Balaban J connectivity index is 1.90. The fourth-order valence-electron chi connectivity index (χ4n) is 4.08. The van der Waals surface area contributed by atoms with E-state index in [1.165, 1.54) is 7.11 Å². The molecule has 1 heterocycles. The first kappa shape index (κ1) is 18.6. The van der Waals surface area contributed by atoms with Gasteiger partial charge in [0.2, 0.25) is 0 Å². The average molecular weight is 397 g/mol. The van der Waals surface area contributed by atoms with Gasteiger partial charge in [-0.15, -0.1) is 0 Å². The summed E-state index contributed by atoms with van der Waals surface area (Å²) in [7, 11) is 1.32. The molecule has 0 spiro atoms. The zero-order valence-corrected chi connectivity index (χ0v) is 16.4. The molecule has 2 aromatic rings. The maximum atomic E-state index is 13.5.